The number of ether oxygens (including phenoxy) is 1. The van der Waals surface area contributed by atoms with E-state index in [1.54, 1.807) is 6.92 Å². The molecule has 0 bridgehead atoms. The molecule has 0 aromatic carbocycles. The highest BCUT2D eigenvalue weighted by molar-refractivity contribution is 9.11. The summed E-state index contributed by atoms with van der Waals surface area (Å²) in [5.74, 6) is -0.453. The van der Waals surface area contributed by atoms with Crippen molar-refractivity contribution < 1.29 is 14.4 Å². The van der Waals surface area contributed by atoms with Crippen LogP contribution in [0.4, 0.5) is 0 Å². The van der Waals surface area contributed by atoms with E-state index >= 15 is 0 Å². The topological polar surface area (TPSA) is 47.6 Å². The maximum atomic E-state index is 10.9. The van der Waals surface area contributed by atoms with Crippen LogP contribution in [0.3, 0.4) is 0 Å². The monoisotopic (exact) mass is 223 g/mol. The number of nitrogens with one attached hydrogen (secondary N) is 1. The fraction of sp³-hybridized carbons (Fsp3) is 0.500. The van der Waals surface area contributed by atoms with E-state index in [1.807, 2.05) is 0 Å². The van der Waals surface area contributed by atoms with Gasteiger partial charge in [-0.1, -0.05) is 15.9 Å². The van der Waals surface area contributed by atoms with Gasteiger partial charge in [-0.2, -0.15) is 0 Å². The molecule has 0 rings (SSSR count). The lowest BCUT2D eigenvalue weighted by Gasteiger charge is -2.05. The molecule has 0 spiro atoms. The molecule has 0 aliphatic heterocycles. The highest BCUT2D eigenvalue weighted by Gasteiger charge is 2.07. The summed E-state index contributed by atoms with van der Waals surface area (Å²) in [6, 6.07) is 0. The zero-order valence-corrected chi connectivity index (χ0v) is 7.97. The van der Waals surface area contributed by atoms with Crippen molar-refractivity contribution in [3.05, 3.63) is 10.7 Å². The van der Waals surface area contributed by atoms with Crippen molar-refractivity contribution in [3.63, 3.8) is 0 Å². The lowest BCUT2D eigenvalue weighted by molar-refractivity contribution is -0.140. The molecule has 0 fully saturated rings. The summed E-state index contributed by atoms with van der Waals surface area (Å²) in [6.07, 6.45) is 0. The third-order valence-electron chi connectivity index (χ3n) is 0.816. The minimum absolute atomic E-state index is 0.231. The Morgan fingerprint density at radius 2 is 2.36 bits per heavy atom. The van der Waals surface area contributed by atoms with Gasteiger partial charge in [0.1, 0.15) is 0 Å². The van der Waals surface area contributed by atoms with Gasteiger partial charge in [-0.3, -0.25) is 10.3 Å². The fourth-order valence-electron chi connectivity index (χ4n) is 0.427. The predicted octanol–water partition coefficient (Wildman–Crippen LogP) is 0.937. The number of hydrogen-bond acceptors (Lipinski definition) is 4. The highest BCUT2D eigenvalue weighted by atomic mass is 79.9. The summed E-state index contributed by atoms with van der Waals surface area (Å²) in [7, 11) is 1.41. The summed E-state index contributed by atoms with van der Waals surface area (Å²) in [4.78, 5) is 16.8. The minimum Gasteiger partial charge on any atom is -0.461 e. The predicted molar refractivity (Wildman–Crippen MR) is 43.8 cm³/mol. The second-order valence-corrected chi connectivity index (χ2v) is 2.01. The molecule has 64 valence electrons. The number of hydroxylamine groups is 1. The van der Waals surface area contributed by atoms with E-state index in [-0.39, 0.29) is 5.70 Å². The van der Waals surface area contributed by atoms with Gasteiger partial charge < -0.3 is 4.74 Å². The van der Waals surface area contributed by atoms with Crippen LogP contribution in [-0.4, -0.2) is 19.7 Å². The van der Waals surface area contributed by atoms with Gasteiger partial charge in [-0.05, 0) is 6.92 Å². The second-order valence-electron chi connectivity index (χ2n) is 1.55. The highest BCUT2D eigenvalue weighted by Crippen LogP contribution is 1.97. The fourth-order valence-corrected chi connectivity index (χ4v) is 0.708. The quantitative estimate of drug-likeness (QED) is 0.438. The Bertz CT molecular complexity index is 158. The van der Waals surface area contributed by atoms with Crippen molar-refractivity contribution in [2.75, 3.05) is 13.7 Å². The zero-order valence-electron chi connectivity index (χ0n) is 6.39. The van der Waals surface area contributed by atoms with Crippen molar-refractivity contribution in [3.8, 4) is 0 Å². The Hall–Kier alpha value is -0.550. The Balaban J connectivity index is 3.94. The molecule has 5 heteroatoms. The van der Waals surface area contributed by atoms with Crippen LogP contribution in [-0.2, 0) is 14.4 Å². The van der Waals surface area contributed by atoms with E-state index in [2.05, 4.69) is 31.0 Å². The van der Waals surface area contributed by atoms with Gasteiger partial charge in [0.15, 0.2) is 5.70 Å². The van der Waals surface area contributed by atoms with E-state index < -0.39 is 5.97 Å². The lowest BCUT2D eigenvalue weighted by Crippen LogP contribution is -2.20. The molecule has 11 heavy (non-hydrogen) atoms. The number of halogens is 1. The summed E-state index contributed by atoms with van der Waals surface area (Å²) in [5, 5.41) is 0. The number of hydrogen-bond donors (Lipinski definition) is 1. The number of carbonyl (C=O) groups is 1. The molecule has 0 unspecified atom stereocenters. The first-order valence-electron chi connectivity index (χ1n) is 3.02. The van der Waals surface area contributed by atoms with Crippen LogP contribution >= 0.6 is 15.9 Å². The molecule has 0 radical (unpaired) electrons. The normalized spacial score (nSPS) is 11.0. The van der Waals surface area contributed by atoms with E-state index in [9.17, 15) is 4.79 Å². The molecule has 0 aliphatic carbocycles. The smallest absolute Gasteiger partial charge is 0.357 e. The molecule has 4 nitrogen and oxygen atoms in total. The van der Waals surface area contributed by atoms with Crippen LogP contribution in [0.25, 0.3) is 0 Å². The van der Waals surface area contributed by atoms with Gasteiger partial charge in [-0.25, -0.2) is 4.79 Å². The summed E-state index contributed by atoms with van der Waals surface area (Å²) >= 11 is 2.98. The Kier molecular flexibility index (Phi) is 5.87. The largest absolute Gasteiger partial charge is 0.461 e. The number of rotatable bonds is 4. The molecular weight excluding hydrogens is 214 g/mol. The maximum Gasteiger partial charge on any atom is 0.357 e. The summed E-state index contributed by atoms with van der Waals surface area (Å²) < 4.78 is 4.67. The van der Waals surface area contributed by atoms with Gasteiger partial charge in [0.25, 0.3) is 0 Å². The molecule has 0 aromatic heterocycles. The van der Waals surface area contributed by atoms with Crippen molar-refractivity contribution in [1.29, 1.82) is 0 Å². The molecule has 0 saturated heterocycles. The first-order chi connectivity index (χ1) is 5.26. The van der Waals surface area contributed by atoms with Crippen LogP contribution < -0.4 is 5.48 Å². The molecule has 0 aromatic rings. The van der Waals surface area contributed by atoms with Crippen molar-refractivity contribution in [2.24, 2.45) is 0 Å². The number of carbonyl (C=O) groups excluding carboxylic acids is 1. The molecule has 0 saturated carbocycles. The first-order valence-corrected chi connectivity index (χ1v) is 3.94. The third-order valence-corrected chi connectivity index (χ3v) is 1.27. The minimum atomic E-state index is -0.453. The van der Waals surface area contributed by atoms with Crippen LogP contribution in [0.15, 0.2) is 10.7 Å². The van der Waals surface area contributed by atoms with Crippen LogP contribution in [0.1, 0.15) is 6.92 Å². The average molecular weight is 224 g/mol. The lowest BCUT2D eigenvalue weighted by atomic mass is 10.5. The van der Waals surface area contributed by atoms with E-state index in [1.165, 1.54) is 12.1 Å². The third kappa shape index (κ3) is 4.00. The average Bonchev–Trinajstić information content (AvgIpc) is 2.00. The van der Waals surface area contributed by atoms with E-state index in [0.29, 0.717) is 6.61 Å². The van der Waals surface area contributed by atoms with Crippen LogP contribution in [0.2, 0.25) is 0 Å². The van der Waals surface area contributed by atoms with Gasteiger partial charge in [0.05, 0.1) is 13.7 Å². The molecule has 0 atom stereocenters. The zero-order chi connectivity index (χ0) is 8.69. The number of esters is 1. The SMILES string of the molecule is CCOC(=O)C(=CBr)NOC. The standard InChI is InChI=1S/C6H10BrNO3/c1-3-11-6(9)5(4-7)8-10-2/h4,8H,3H2,1-2H3. The van der Waals surface area contributed by atoms with Crippen molar-refractivity contribution >= 4 is 21.9 Å². The molecule has 0 amide bonds. The molecule has 0 heterocycles. The Morgan fingerprint density at radius 3 is 2.73 bits per heavy atom. The van der Waals surface area contributed by atoms with Crippen LogP contribution in [0, 0.1) is 0 Å². The van der Waals surface area contributed by atoms with Crippen molar-refractivity contribution in [2.45, 2.75) is 6.92 Å². The van der Waals surface area contributed by atoms with Gasteiger partial charge in [0, 0.05) is 4.99 Å². The first kappa shape index (κ1) is 10.4. The second kappa shape index (κ2) is 6.18. The molecule has 0 aliphatic rings. The van der Waals surface area contributed by atoms with Gasteiger partial charge in [-0.15, -0.1) is 0 Å². The summed E-state index contributed by atoms with van der Waals surface area (Å²) in [6.45, 7) is 2.07. The summed E-state index contributed by atoms with van der Waals surface area (Å²) in [5.41, 5.74) is 2.59. The van der Waals surface area contributed by atoms with Crippen LogP contribution in [0.5, 0.6) is 0 Å². The molecule has 1 N–H and O–H groups in total. The Labute approximate surface area is 73.6 Å². The van der Waals surface area contributed by atoms with E-state index in [0.717, 1.165) is 0 Å². The van der Waals surface area contributed by atoms with Gasteiger partial charge in [0.2, 0.25) is 0 Å². The van der Waals surface area contributed by atoms with E-state index in [4.69, 9.17) is 0 Å². The van der Waals surface area contributed by atoms with Crippen molar-refractivity contribution in [1.82, 2.24) is 5.48 Å². The molecular formula is C6H10BrNO3. The van der Waals surface area contributed by atoms with Gasteiger partial charge >= 0.3 is 5.97 Å². The maximum absolute atomic E-state index is 10.9. The Morgan fingerprint density at radius 1 is 1.73 bits per heavy atom.